The molecule has 3 heteroatoms. The molecule has 0 unspecified atom stereocenters. The molecule has 0 atom stereocenters. The van der Waals surface area contributed by atoms with Crippen LogP contribution in [0.2, 0.25) is 0 Å². The predicted molar refractivity (Wildman–Crippen MR) is 66.4 cm³/mol. The minimum atomic E-state index is 0.281. The number of benzene rings is 1. The Kier molecular flexibility index (Phi) is 2.54. The molecule has 0 spiro atoms. The molecule has 0 radical (unpaired) electrons. The molecule has 1 aliphatic carbocycles. The third-order valence-electron chi connectivity index (χ3n) is 3.90. The third-order valence-corrected chi connectivity index (χ3v) is 3.90. The molecule has 1 aromatic carbocycles. The summed E-state index contributed by atoms with van der Waals surface area (Å²) in [6.45, 7) is 0.831. The van der Waals surface area contributed by atoms with Gasteiger partial charge in [-0.3, -0.25) is 4.79 Å². The van der Waals surface area contributed by atoms with Gasteiger partial charge in [0, 0.05) is 18.2 Å². The zero-order chi connectivity index (χ0) is 11.8. The van der Waals surface area contributed by atoms with E-state index >= 15 is 0 Å². The Morgan fingerprint density at radius 2 is 2.24 bits per heavy atom. The van der Waals surface area contributed by atoms with Crippen LogP contribution in [0.3, 0.4) is 0 Å². The molecule has 2 aliphatic rings. The average Bonchev–Trinajstić information content (AvgIpc) is 2.68. The first-order valence-electron chi connectivity index (χ1n) is 6.28. The fraction of sp³-hybridized carbons (Fsp3) is 0.500. The summed E-state index contributed by atoms with van der Waals surface area (Å²) < 4.78 is 5.21. The number of nitrogens with zero attached hydrogens (tertiary/aromatic N) is 1. The quantitative estimate of drug-likeness (QED) is 0.782. The van der Waals surface area contributed by atoms with Crippen LogP contribution in [-0.2, 0) is 11.2 Å². The van der Waals surface area contributed by atoms with Crippen LogP contribution in [-0.4, -0.2) is 19.6 Å². The van der Waals surface area contributed by atoms with Gasteiger partial charge in [-0.15, -0.1) is 0 Å². The van der Waals surface area contributed by atoms with Crippen LogP contribution in [0.25, 0.3) is 0 Å². The van der Waals surface area contributed by atoms with E-state index in [2.05, 4.69) is 0 Å². The Morgan fingerprint density at radius 3 is 2.88 bits per heavy atom. The van der Waals surface area contributed by atoms with Crippen molar-refractivity contribution in [1.82, 2.24) is 0 Å². The minimum absolute atomic E-state index is 0.281. The lowest BCUT2D eigenvalue weighted by Crippen LogP contribution is -2.37. The Balaban J connectivity index is 1.85. The summed E-state index contributed by atoms with van der Waals surface area (Å²) in [7, 11) is 1.67. The largest absolute Gasteiger partial charge is 0.497 e. The topological polar surface area (TPSA) is 29.5 Å². The maximum atomic E-state index is 12.2. The highest BCUT2D eigenvalue weighted by molar-refractivity contribution is 5.97. The van der Waals surface area contributed by atoms with Crippen LogP contribution >= 0.6 is 0 Å². The second-order valence-corrected chi connectivity index (χ2v) is 4.86. The van der Waals surface area contributed by atoms with Crippen molar-refractivity contribution in [2.24, 2.45) is 5.92 Å². The van der Waals surface area contributed by atoms with Crippen molar-refractivity contribution in [3.63, 3.8) is 0 Å². The summed E-state index contributed by atoms with van der Waals surface area (Å²) in [6.07, 6.45) is 4.30. The van der Waals surface area contributed by atoms with Gasteiger partial charge in [-0.25, -0.2) is 0 Å². The molecule has 1 amide bonds. The van der Waals surface area contributed by atoms with E-state index in [1.807, 2.05) is 23.1 Å². The number of fused-ring (bicyclic) bond motifs is 1. The van der Waals surface area contributed by atoms with Gasteiger partial charge in [-0.2, -0.15) is 0 Å². The molecule has 0 saturated heterocycles. The second kappa shape index (κ2) is 4.06. The molecule has 1 aromatic rings. The maximum absolute atomic E-state index is 12.2. The summed E-state index contributed by atoms with van der Waals surface area (Å²) in [6, 6.07) is 5.99. The molecule has 3 nitrogen and oxygen atoms in total. The van der Waals surface area contributed by atoms with Crippen LogP contribution in [0.15, 0.2) is 18.2 Å². The van der Waals surface area contributed by atoms with Gasteiger partial charge in [0.15, 0.2) is 0 Å². The van der Waals surface area contributed by atoms with Gasteiger partial charge < -0.3 is 9.64 Å². The zero-order valence-corrected chi connectivity index (χ0v) is 10.1. The molecule has 1 saturated carbocycles. The van der Waals surface area contributed by atoms with Crippen molar-refractivity contribution in [3.05, 3.63) is 23.8 Å². The molecular formula is C14H17NO2. The molecular weight excluding hydrogens is 214 g/mol. The van der Waals surface area contributed by atoms with Crippen molar-refractivity contribution in [2.75, 3.05) is 18.6 Å². The highest BCUT2D eigenvalue weighted by atomic mass is 16.5. The Hall–Kier alpha value is -1.51. The Bertz CT molecular complexity index is 452. The summed E-state index contributed by atoms with van der Waals surface area (Å²) in [5.74, 6) is 1.48. The average molecular weight is 231 g/mol. The lowest BCUT2D eigenvalue weighted by Gasteiger charge is -2.29. The molecule has 17 heavy (non-hydrogen) atoms. The van der Waals surface area contributed by atoms with Crippen molar-refractivity contribution in [1.29, 1.82) is 0 Å². The van der Waals surface area contributed by atoms with Crippen molar-refractivity contribution in [3.8, 4) is 5.75 Å². The molecule has 0 aromatic heterocycles. The lowest BCUT2D eigenvalue weighted by molar-refractivity contribution is -0.124. The van der Waals surface area contributed by atoms with E-state index in [1.165, 1.54) is 12.0 Å². The van der Waals surface area contributed by atoms with Crippen LogP contribution < -0.4 is 9.64 Å². The third kappa shape index (κ3) is 1.70. The Labute approximate surface area is 101 Å². The van der Waals surface area contributed by atoms with E-state index in [0.717, 1.165) is 37.2 Å². The number of methoxy groups -OCH3 is 1. The van der Waals surface area contributed by atoms with E-state index in [4.69, 9.17) is 4.74 Å². The van der Waals surface area contributed by atoms with Crippen molar-refractivity contribution in [2.45, 2.75) is 25.7 Å². The summed E-state index contributed by atoms with van der Waals surface area (Å²) >= 11 is 0. The van der Waals surface area contributed by atoms with E-state index in [0.29, 0.717) is 5.91 Å². The van der Waals surface area contributed by atoms with Crippen LogP contribution in [0, 0.1) is 5.92 Å². The van der Waals surface area contributed by atoms with E-state index in [-0.39, 0.29) is 5.92 Å². The van der Waals surface area contributed by atoms with Gasteiger partial charge in [-0.1, -0.05) is 6.42 Å². The normalized spacial score (nSPS) is 18.8. The van der Waals surface area contributed by atoms with Gasteiger partial charge in [0.05, 0.1) is 7.11 Å². The highest BCUT2D eigenvalue weighted by Gasteiger charge is 2.33. The summed E-state index contributed by atoms with van der Waals surface area (Å²) in [4.78, 5) is 14.2. The molecule has 0 bridgehead atoms. The van der Waals surface area contributed by atoms with Crippen LogP contribution in [0.4, 0.5) is 5.69 Å². The van der Waals surface area contributed by atoms with Crippen molar-refractivity contribution < 1.29 is 9.53 Å². The van der Waals surface area contributed by atoms with Gasteiger partial charge in [0.1, 0.15) is 5.75 Å². The SMILES string of the molecule is COc1ccc2c(c1)CCN2C(=O)C1CCC1. The first-order valence-corrected chi connectivity index (χ1v) is 6.28. The number of anilines is 1. The van der Waals surface area contributed by atoms with Gasteiger partial charge in [0.25, 0.3) is 0 Å². The predicted octanol–water partition coefficient (Wildman–Crippen LogP) is 2.38. The summed E-state index contributed by atoms with van der Waals surface area (Å²) in [5, 5.41) is 0. The van der Waals surface area contributed by atoms with E-state index in [1.54, 1.807) is 7.11 Å². The molecule has 0 N–H and O–H groups in total. The number of amides is 1. The minimum Gasteiger partial charge on any atom is -0.497 e. The van der Waals surface area contributed by atoms with E-state index < -0.39 is 0 Å². The highest BCUT2D eigenvalue weighted by Crippen LogP contribution is 2.35. The molecule has 90 valence electrons. The standard InChI is InChI=1S/C14H17NO2/c1-17-12-5-6-13-11(9-12)7-8-15(13)14(16)10-3-2-4-10/h5-6,9-10H,2-4,7-8H2,1H3. The molecule has 1 fully saturated rings. The number of hydrogen-bond acceptors (Lipinski definition) is 2. The van der Waals surface area contributed by atoms with Gasteiger partial charge in [-0.05, 0) is 43.0 Å². The number of carbonyl (C=O) groups is 1. The second-order valence-electron chi connectivity index (χ2n) is 4.86. The first kappa shape index (κ1) is 10.6. The number of rotatable bonds is 2. The maximum Gasteiger partial charge on any atom is 0.230 e. The fourth-order valence-electron chi connectivity index (χ4n) is 2.61. The summed E-state index contributed by atoms with van der Waals surface area (Å²) in [5.41, 5.74) is 2.32. The van der Waals surface area contributed by atoms with E-state index in [9.17, 15) is 4.79 Å². The van der Waals surface area contributed by atoms with Gasteiger partial charge in [0.2, 0.25) is 5.91 Å². The monoisotopic (exact) mass is 231 g/mol. The van der Waals surface area contributed by atoms with Crippen molar-refractivity contribution >= 4 is 11.6 Å². The molecule has 1 aliphatic heterocycles. The zero-order valence-electron chi connectivity index (χ0n) is 10.1. The molecule has 1 heterocycles. The fourth-order valence-corrected chi connectivity index (χ4v) is 2.61. The lowest BCUT2D eigenvalue weighted by atomic mass is 9.84. The number of hydrogen-bond donors (Lipinski definition) is 0. The molecule has 3 rings (SSSR count). The first-order chi connectivity index (χ1) is 8.29. The van der Waals surface area contributed by atoms with Crippen LogP contribution in [0.1, 0.15) is 24.8 Å². The smallest absolute Gasteiger partial charge is 0.230 e. The Morgan fingerprint density at radius 1 is 1.41 bits per heavy atom. The number of carbonyl (C=O) groups excluding carboxylic acids is 1. The van der Waals surface area contributed by atoms with Gasteiger partial charge >= 0.3 is 0 Å². The van der Waals surface area contributed by atoms with Crippen LogP contribution in [0.5, 0.6) is 5.75 Å². The number of ether oxygens (including phenoxy) is 1.